The Labute approximate surface area is 128 Å². The van der Waals surface area contributed by atoms with Gasteiger partial charge in [-0.05, 0) is 5.56 Å². The molecule has 2 N–H and O–H groups in total. The van der Waals surface area contributed by atoms with Crippen LogP contribution in [-0.2, 0) is 0 Å². The predicted octanol–water partition coefficient (Wildman–Crippen LogP) is 2.92. The number of carbonyl (C=O) groups is 1. The maximum absolute atomic E-state index is 11.6. The molecule has 22 heavy (non-hydrogen) atoms. The average molecular weight is 322 g/mol. The van der Waals surface area contributed by atoms with Gasteiger partial charge in [0, 0.05) is 6.07 Å². The van der Waals surface area contributed by atoms with Crippen LogP contribution in [0.5, 0.6) is 0 Å². The maximum atomic E-state index is 11.6. The van der Waals surface area contributed by atoms with E-state index in [0.717, 1.165) is 6.07 Å². The normalized spacial score (nSPS) is 10.2. The molecule has 0 aliphatic heterocycles. The minimum atomic E-state index is -1.03. The fourth-order valence-corrected chi connectivity index (χ4v) is 2.31. The Kier molecular flexibility index (Phi) is 4.04. The van der Waals surface area contributed by atoms with Gasteiger partial charge >= 0.3 is 5.69 Å². The number of nitro groups is 2. The molecule has 2 rings (SSSR count). The number of amides is 1. The van der Waals surface area contributed by atoms with E-state index >= 15 is 0 Å². The summed E-state index contributed by atoms with van der Waals surface area (Å²) in [5.74, 6) is -1.03. The van der Waals surface area contributed by atoms with Crippen LogP contribution in [0, 0.1) is 20.2 Å². The van der Waals surface area contributed by atoms with Gasteiger partial charge in [0.05, 0.1) is 21.0 Å². The van der Waals surface area contributed by atoms with Crippen molar-refractivity contribution in [3.8, 4) is 11.1 Å². The molecule has 0 bridgehead atoms. The van der Waals surface area contributed by atoms with E-state index in [9.17, 15) is 25.0 Å². The lowest BCUT2D eigenvalue weighted by atomic mass is 9.96. The number of hydrogen-bond donors (Lipinski definition) is 1. The molecule has 0 aromatic heterocycles. The highest BCUT2D eigenvalue weighted by Gasteiger charge is 2.33. The molecular formula is C13H8ClN3O5. The summed E-state index contributed by atoms with van der Waals surface area (Å²) in [5.41, 5.74) is 3.56. The van der Waals surface area contributed by atoms with E-state index in [-0.39, 0.29) is 11.1 Å². The standard InChI is InChI=1S/C13H8ClN3O5/c14-11-9(16(19)20)6-8(13(15)18)10(12(11)17(21)22)7-4-2-1-3-5-7/h1-6H,(H2,15,18). The van der Waals surface area contributed by atoms with Crippen LogP contribution >= 0.6 is 11.6 Å². The highest BCUT2D eigenvalue weighted by atomic mass is 35.5. The number of hydrogen-bond acceptors (Lipinski definition) is 5. The molecule has 0 atom stereocenters. The molecule has 2 aromatic carbocycles. The van der Waals surface area contributed by atoms with Crippen LogP contribution in [-0.4, -0.2) is 15.8 Å². The zero-order valence-corrected chi connectivity index (χ0v) is 11.6. The van der Waals surface area contributed by atoms with E-state index in [1.54, 1.807) is 18.2 Å². The van der Waals surface area contributed by atoms with E-state index in [2.05, 4.69) is 0 Å². The van der Waals surface area contributed by atoms with Crippen LogP contribution in [0.25, 0.3) is 11.1 Å². The lowest BCUT2D eigenvalue weighted by molar-refractivity contribution is -0.393. The van der Waals surface area contributed by atoms with Crippen LogP contribution in [0.3, 0.4) is 0 Å². The molecule has 0 unspecified atom stereocenters. The average Bonchev–Trinajstić information content (AvgIpc) is 2.46. The number of nitro benzene ring substituents is 2. The smallest absolute Gasteiger partial charge is 0.303 e. The lowest BCUT2D eigenvalue weighted by Gasteiger charge is -2.09. The summed E-state index contributed by atoms with van der Waals surface area (Å²) >= 11 is 5.80. The summed E-state index contributed by atoms with van der Waals surface area (Å²) in [6, 6.07) is 8.73. The van der Waals surface area contributed by atoms with Crippen molar-refractivity contribution in [3.63, 3.8) is 0 Å². The SMILES string of the molecule is NC(=O)c1cc([N+](=O)[O-])c(Cl)c([N+](=O)[O-])c1-c1ccccc1. The second-order valence-corrected chi connectivity index (χ2v) is 4.60. The summed E-state index contributed by atoms with van der Waals surface area (Å²) in [6.45, 7) is 0. The second kappa shape index (κ2) is 5.78. The van der Waals surface area contributed by atoms with Crippen molar-refractivity contribution in [2.45, 2.75) is 0 Å². The summed E-state index contributed by atoms with van der Waals surface area (Å²) in [5, 5.41) is 21.6. The van der Waals surface area contributed by atoms with Gasteiger partial charge in [0.25, 0.3) is 5.69 Å². The fraction of sp³-hybridized carbons (Fsp3) is 0. The van der Waals surface area contributed by atoms with Crippen LogP contribution < -0.4 is 5.73 Å². The van der Waals surface area contributed by atoms with Crippen LogP contribution in [0.2, 0.25) is 5.02 Å². The Morgan fingerprint density at radius 3 is 2.14 bits per heavy atom. The third kappa shape index (κ3) is 2.59. The molecule has 0 saturated heterocycles. The first-order valence-corrected chi connectivity index (χ1v) is 6.23. The van der Waals surface area contributed by atoms with Gasteiger partial charge in [-0.25, -0.2) is 0 Å². The van der Waals surface area contributed by atoms with Crippen LogP contribution in [0.1, 0.15) is 10.4 Å². The number of carbonyl (C=O) groups excluding carboxylic acids is 1. The molecule has 2 aromatic rings. The Morgan fingerprint density at radius 1 is 1.09 bits per heavy atom. The van der Waals surface area contributed by atoms with Gasteiger partial charge in [-0.15, -0.1) is 0 Å². The van der Waals surface area contributed by atoms with Crippen molar-refractivity contribution in [2.75, 3.05) is 0 Å². The highest BCUT2D eigenvalue weighted by Crippen LogP contribution is 2.43. The third-order valence-corrected chi connectivity index (χ3v) is 3.30. The molecule has 9 heteroatoms. The number of halogens is 1. The molecule has 0 heterocycles. The molecule has 8 nitrogen and oxygen atoms in total. The predicted molar refractivity (Wildman–Crippen MR) is 78.7 cm³/mol. The minimum Gasteiger partial charge on any atom is -0.366 e. The van der Waals surface area contributed by atoms with E-state index < -0.39 is 32.2 Å². The first kappa shape index (κ1) is 15.4. The largest absolute Gasteiger partial charge is 0.366 e. The molecule has 0 saturated carbocycles. The van der Waals surface area contributed by atoms with Gasteiger partial charge in [0.15, 0.2) is 5.02 Å². The summed E-state index contributed by atoms with van der Waals surface area (Å²) in [4.78, 5) is 32.1. The first-order chi connectivity index (χ1) is 10.3. The van der Waals surface area contributed by atoms with E-state index in [1.165, 1.54) is 12.1 Å². The molecular weight excluding hydrogens is 314 g/mol. The zero-order chi connectivity index (χ0) is 16.4. The highest BCUT2D eigenvalue weighted by molar-refractivity contribution is 6.36. The Balaban J connectivity index is 2.97. The first-order valence-electron chi connectivity index (χ1n) is 5.85. The molecule has 0 aliphatic carbocycles. The summed E-state index contributed by atoms with van der Waals surface area (Å²) in [7, 11) is 0. The van der Waals surface area contributed by atoms with Crippen molar-refractivity contribution in [1.82, 2.24) is 0 Å². The summed E-state index contributed by atoms with van der Waals surface area (Å²) in [6.07, 6.45) is 0. The lowest BCUT2D eigenvalue weighted by Crippen LogP contribution is -2.14. The topological polar surface area (TPSA) is 129 Å². The molecule has 0 aliphatic rings. The number of benzene rings is 2. The fourth-order valence-electron chi connectivity index (χ4n) is 2.03. The van der Waals surface area contributed by atoms with Crippen molar-refractivity contribution in [2.24, 2.45) is 5.73 Å². The van der Waals surface area contributed by atoms with E-state index in [1.807, 2.05) is 0 Å². The van der Waals surface area contributed by atoms with Crippen molar-refractivity contribution >= 4 is 28.9 Å². The second-order valence-electron chi connectivity index (χ2n) is 4.23. The van der Waals surface area contributed by atoms with Gasteiger partial charge in [-0.1, -0.05) is 41.9 Å². The number of nitrogens with two attached hydrogens (primary N) is 1. The van der Waals surface area contributed by atoms with Gasteiger partial charge in [0.1, 0.15) is 0 Å². The van der Waals surface area contributed by atoms with Gasteiger partial charge in [0.2, 0.25) is 5.91 Å². The van der Waals surface area contributed by atoms with E-state index in [4.69, 9.17) is 17.3 Å². The van der Waals surface area contributed by atoms with Gasteiger partial charge < -0.3 is 5.73 Å². The zero-order valence-electron chi connectivity index (χ0n) is 10.9. The quantitative estimate of drug-likeness (QED) is 0.683. The summed E-state index contributed by atoms with van der Waals surface area (Å²) < 4.78 is 0. The maximum Gasteiger partial charge on any atom is 0.303 e. The Morgan fingerprint density at radius 2 is 1.68 bits per heavy atom. The minimum absolute atomic E-state index is 0.145. The van der Waals surface area contributed by atoms with Gasteiger partial charge in [-0.3, -0.25) is 25.0 Å². The monoisotopic (exact) mass is 321 g/mol. The van der Waals surface area contributed by atoms with Crippen LogP contribution in [0.15, 0.2) is 36.4 Å². The van der Waals surface area contributed by atoms with Crippen LogP contribution in [0.4, 0.5) is 11.4 Å². The third-order valence-electron chi connectivity index (χ3n) is 2.93. The molecule has 0 fully saturated rings. The molecule has 1 amide bonds. The van der Waals surface area contributed by atoms with Gasteiger partial charge in [-0.2, -0.15) is 0 Å². The Hall–Kier alpha value is -3.00. The number of nitrogens with zero attached hydrogens (tertiary/aromatic N) is 2. The number of rotatable bonds is 4. The molecule has 0 radical (unpaired) electrons. The molecule has 112 valence electrons. The van der Waals surface area contributed by atoms with Crippen molar-refractivity contribution < 1.29 is 14.6 Å². The van der Waals surface area contributed by atoms with Crippen molar-refractivity contribution in [3.05, 3.63) is 67.2 Å². The molecule has 0 spiro atoms. The number of primary amides is 1. The van der Waals surface area contributed by atoms with Crippen molar-refractivity contribution in [1.29, 1.82) is 0 Å². The Bertz CT molecular complexity index is 792. The van der Waals surface area contributed by atoms with E-state index in [0.29, 0.717) is 5.56 Å².